The topological polar surface area (TPSA) is 54.4 Å². The van der Waals surface area contributed by atoms with Crippen LogP contribution in [0.3, 0.4) is 0 Å². The highest BCUT2D eigenvalue weighted by Gasteiger charge is 2.26. The second-order valence-electron chi connectivity index (χ2n) is 3.31. The lowest BCUT2D eigenvalue weighted by Crippen LogP contribution is -2.27. The zero-order valence-corrected chi connectivity index (χ0v) is 7.83. The molecule has 3 nitrogen and oxygen atoms in total. The van der Waals surface area contributed by atoms with Crippen molar-refractivity contribution in [2.24, 2.45) is 11.8 Å². The number of hydrogen-bond acceptors (Lipinski definition) is 2. The summed E-state index contributed by atoms with van der Waals surface area (Å²) in [6, 6.07) is 0. The van der Waals surface area contributed by atoms with E-state index in [0.717, 1.165) is 6.42 Å². The summed E-state index contributed by atoms with van der Waals surface area (Å²) in [5.41, 5.74) is 0. The number of aliphatic carboxylic acids is 1. The Balaban J connectivity index is 4.29. The maximum atomic E-state index is 11.1. The summed E-state index contributed by atoms with van der Waals surface area (Å²) in [5.74, 6) is -2.14. The first-order chi connectivity index (χ1) is 5.50. The molecule has 0 spiro atoms. The first-order valence-electron chi connectivity index (χ1n) is 4.27. The Morgan fingerprint density at radius 1 is 1.33 bits per heavy atom. The average molecular weight is 172 g/mol. The normalized spacial score (nSPS) is 13.0. The third-order valence-electron chi connectivity index (χ3n) is 1.95. The summed E-state index contributed by atoms with van der Waals surface area (Å²) in [6.07, 6.45) is 1.52. The molecule has 0 bridgehead atoms. The standard InChI is InChI=1S/C9H16O3/c1-4-5-7(6(2)3)8(10)9(11)12/h6-7H,4-5H2,1-3H3,(H,11,12). The summed E-state index contributed by atoms with van der Waals surface area (Å²) < 4.78 is 0. The van der Waals surface area contributed by atoms with Crippen molar-refractivity contribution in [3.05, 3.63) is 0 Å². The minimum absolute atomic E-state index is 0.119. The molecule has 0 saturated carbocycles. The van der Waals surface area contributed by atoms with E-state index in [4.69, 9.17) is 5.11 Å². The molecule has 0 aromatic heterocycles. The Bertz CT molecular complexity index is 173. The van der Waals surface area contributed by atoms with Gasteiger partial charge in [-0.15, -0.1) is 0 Å². The van der Waals surface area contributed by atoms with Crippen LogP contribution < -0.4 is 0 Å². The van der Waals surface area contributed by atoms with Crippen molar-refractivity contribution >= 4 is 11.8 Å². The van der Waals surface area contributed by atoms with Crippen molar-refractivity contribution in [1.82, 2.24) is 0 Å². The molecule has 0 aromatic carbocycles. The van der Waals surface area contributed by atoms with Gasteiger partial charge in [0, 0.05) is 5.92 Å². The number of carboxylic acid groups (broad SMARTS) is 1. The Labute approximate surface area is 72.8 Å². The summed E-state index contributed by atoms with van der Waals surface area (Å²) in [6.45, 7) is 5.70. The Hall–Kier alpha value is -0.860. The zero-order chi connectivity index (χ0) is 9.72. The van der Waals surface area contributed by atoms with E-state index >= 15 is 0 Å². The average Bonchev–Trinajstić information content (AvgIpc) is 1.98. The van der Waals surface area contributed by atoms with Crippen LogP contribution in [0.25, 0.3) is 0 Å². The smallest absolute Gasteiger partial charge is 0.372 e. The van der Waals surface area contributed by atoms with Crippen molar-refractivity contribution in [3.8, 4) is 0 Å². The molecule has 0 saturated heterocycles. The first kappa shape index (κ1) is 11.1. The molecular formula is C9H16O3. The first-order valence-corrected chi connectivity index (χ1v) is 4.27. The highest BCUT2D eigenvalue weighted by atomic mass is 16.4. The lowest BCUT2D eigenvalue weighted by Gasteiger charge is -2.15. The highest BCUT2D eigenvalue weighted by Crippen LogP contribution is 2.17. The number of ketones is 1. The quantitative estimate of drug-likeness (QED) is 0.642. The number of carbonyl (C=O) groups is 2. The van der Waals surface area contributed by atoms with E-state index in [0.29, 0.717) is 6.42 Å². The van der Waals surface area contributed by atoms with E-state index in [-0.39, 0.29) is 11.8 Å². The molecule has 0 aliphatic heterocycles. The van der Waals surface area contributed by atoms with Gasteiger partial charge < -0.3 is 5.11 Å². The molecule has 0 radical (unpaired) electrons. The van der Waals surface area contributed by atoms with E-state index in [2.05, 4.69) is 0 Å². The van der Waals surface area contributed by atoms with Gasteiger partial charge in [0.15, 0.2) is 0 Å². The van der Waals surface area contributed by atoms with Crippen molar-refractivity contribution in [1.29, 1.82) is 0 Å². The Kier molecular flexibility index (Phi) is 4.55. The minimum atomic E-state index is -1.30. The van der Waals surface area contributed by atoms with Gasteiger partial charge in [0.1, 0.15) is 0 Å². The molecule has 0 heterocycles. The molecule has 70 valence electrons. The van der Waals surface area contributed by atoms with Crippen LogP contribution >= 0.6 is 0 Å². The van der Waals surface area contributed by atoms with Crippen LogP contribution in [0.4, 0.5) is 0 Å². The van der Waals surface area contributed by atoms with Crippen molar-refractivity contribution in [2.45, 2.75) is 33.6 Å². The van der Waals surface area contributed by atoms with Gasteiger partial charge in [0.25, 0.3) is 0 Å². The molecule has 0 aliphatic carbocycles. The summed E-state index contributed by atoms with van der Waals surface area (Å²) in [7, 11) is 0. The van der Waals surface area contributed by atoms with Gasteiger partial charge in [-0.3, -0.25) is 4.79 Å². The van der Waals surface area contributed by atoms with Crippen LogP contribution in [-0.4, -0.2) is 16.9 Å². The third-order valence-corrected chi connectivity index (χ3v) is 1.95. The van der Waals surface area contributed by atoms with Crippen molar-refractivity contribution < 1.29 is 14.7 Å². The molecule has 3 heteroatoms. The van der Waals surface area contributed by atoms with Gasteiger partial charge in [-0.05, 0) is 12.3 Å². The number of carbonyl (C=O) groups excluding carboxylic acids is 1. The van der Waals surface area contributed by atoms with Crippen LogP contribution in [0.2, 0.25) is 0 Å². The van der Waals surface area contributed by atoms with Crippen molar-refractivity contribution in [3.63, 3.8) is 0 Å². The van der Waals surface area contributed by atoms with E-state index in [1.807, 2.05) is 20.8 Å². The lowest BCUT2D eigenvalue weighted by atomic mass is 9.87. The second-order valence-corrected chi connectivity index (χ2v) is 3.31. The molecule has 0 amide bonds. The van der Waals surface area contributed by atoms with Gasteiger partial charge in [-0.25, -0.2) is 4.79 Å². The monoisotopic (exact) mass is 172 g/mol. The van der Waals surface area contributed by atoms with E-state index in [1.165, 1.54) is 0 Å². The molecule has 1 atom stereocenters. The maximum absolute atomic E-state index is 11.1. The SMILES string of the molecule is CCCC(C(=O)C(=O)O)C(C)C. The van der Waals surface area contributed by atoms with Crippen LogP contribution in [-0.2, 0) is 9.59 Å². The van der Waals surface area contributed by atoms with E-state index < -0.39 is 11.8 Å². The largest absolute Gasteiger partial charge is 0.475 e. The summed E-state index contributed by atoms with van der Waals surface area (Å²) in [5, 5.41) is 8.48. The Morgan fingerprint density at radius 2 is 1.83 bits per heavy atom. The fourth-order valence-corrected chi connectivity index (χ4v) is 1.24. The lowest BCUT2D eigenvalue weighted by molar-refractivity contribution is -0.151. The van der Waals surface area contributed by atoms with Crippen LogP contribution in [0.1, 0.15) is 33.6 Å². The van der Waals surface area contributed by atoms with Gasteiger partial charge in [0.2, 0.25) is 5.78 Å². The summed E-state index contributed by atoms with van der Waals surface area (Å²) >= 11 is 0. The molecule has 0 rings (SSSR count). The molecule has 0 fully saturated rings. The maximum Gasteiger partial charge on any atom is 0.372 e. The summed E-state index contributed by atoms with van der Waals surface area (Å²) in [4.78, 5) is 21.4. The van der Waals surface area contributed by atoms with Gasteiger partial charge in [-0.2, -0.15) is 0 Å². The predicted molar refractivity (Wildman–Crippen MR) is 45.9 cm³/mol. The van der Waals surface area contributed by atoms with E-state index in [1.54, 1.807) is 0 Å². The molecule has 12 heavy (non-hydrogen) atoms. The molecule has 0 aromatic rings. The van der Waals surface area contributed by atoms with Gasteiger partial charge in [0.05, 0.1) is 0 Å². The Morgan fingerprint density at radius 3 is 2.08 bits per heavy atom. The van der Waals surface area contributed by atoms with Crippen molar-refractivity contribution in [2.75, 3.05) is 0 Å². The number of Topliss-reactive ketones (excluding diaryl/α,β-unsaturated/α-hetero) is 1. The van der Waals surface area contributed by atoms with E-state index in [9.17, 15) is 9.59 Å². The molecule has 0 aliphatic rings. The number of hydrogen-bond donors (Lipinski definition) is 1. The molecular weight excluding hydrogens is 156 g/mol. The van der Waals surface area contributed by atoms with Gasteiger partial charge >= 0.3 is 5.97 Å². The predicted octanol–water partition coefficient (Wildman–Crippen LogP) is 1.71. The zero-order valence-electron chi connectivity index (χ0n) is 7.83. The van der Waals surface area contributed by atoms with Crippen LogP contribution in [0, 0.1) is 11.8 Å². The fraction of sp³-hybridized carbons (Fsp3) is 0.778. The second kappa shape index (κ2) is 4.91. The van der Waals surface area contributed by atoms with Crippen LogP contribution in [0.15, 0.2) is 0 Å². The molecule has 1 N–H and O–H groups in total. The van der Waals surface area contributed by atoms with Gasteiger partial charge in [-0.1, -0.05) is 27.2 Å². The fourth-order valence-electron chi connectivity index (χ4n) is 1.24. The molecule has 1 unspecified atom stereocenters. The minimum Gasteiger partial charge on any atom is -0.475 e. The highest BCUT2D eigenvalue weighted by molar-refractivity contribution is 6.33. The third kappa shape index (κ3) is 3.03. The van der Waals surface area contributed by atoms with Crippen LogP contribution in [0.5, 0.6) is 0 Å². The number of rotatable bonds is 5. The number of carboxylic acids is 1.